The van der Waals surface area contributed by atoms with Crippen LogP contribution in [0.15, 0.2) is 12.7 Å². The number of fused-ring (bicyclic) bond motifs is 1. The third-order valence-electron chi connectivity index (χ3n) is 5.06. The summed E-state index contributed by atoms with van der Waals surface area (Å²) >= 11 is 1.42. The van der Waals surface area contributed by atoms with E-state index in [0.717, 1.165) is 12.8 Å². The molecule has 2 aliphatic rings. The van der Waals surface area contributed by atoms with E-state index in [1.807, 2.05) is 0 Å². The molecule has 12 heteroatoms. The predicted octanol–water partition coefficient (Wildman–Crippen LogP) is -0.445. The second-order valence-electron chi connectivity index (χ2n) is 7.32. The number of carbonyl (C=O) groups is 1. The molecule has 1 saturated heterocycles. The first kappa shape index (κ1) is 20.3. The first-order valence-corrected chi connectivity index (χ1v) is 10.6. The van der Waals surface area contributed by atoms with Gasteiger partial charge in [-0.15, -0.1) is 0 Å². The molecule has 2 fully saturated rings. The van der Waals surface area contributed by atoms with Crippen LogP contribution in [0.25, 0.3) is 11.2 Å². The van der Waals surface area contributed by atoms with Gasteiger partial charge in [0.25, 0.3) is 0 Å². The molecule has 1 saturated carbocycles. The predicted molar refractivity (Wildman–Crippen MR) is 105 cm³/mol. The number of carboxylic acid groups (broad SMARTS) is 1. The summed E-state index contributed by atoms with van der Waals surface area (Å²) in [5.74, 6) is 0.518. The first-order chi connectivity index (χ1) is 14.0. The Morgan fingerprint density at radius 1 is 1.34 bits per heavy atom. The summed E-state index contributed by atoms with van der Waals surface area (Å²) in [6.45, 7) is 0. The number of carboxylic acids is 1. The maximum absolute atomic E-state index is 10.8. The van der Waals surface area contributed by atoms with Crippen LogP contribution in [0, 0.1) is 0 Å². The van der Waals surface area contributed by atoms with E-state index in [9.17, 15) is 15.0 Å². The lowest BCUT2D eigenvalue weighted by Crippen LogP contribution is -2.33. The highest BCUT2D eigenvalue weighted by molar-refractivity contribution is 7.99. The van der Waals surface area contributed by atoms with Crippen molar-refractivity contribution in [2.24, 2.45) is 5.73 Å². The van der Waals surface area contributed by atoms with Crippen LogP contribution in [0.3, 0.4) is 0 Å². The highest BCUT2D eigenvalue weighted by Gasteiger charge is 2.44. The number of rotatable bonds is 9. The first-order valence-electron chi connectivity index (χ1n) is 9.47. The van der Waals surface area contributed by atoms with Crippen LogP contribution < -0.4 is 11.1 Å². The molecule has 5 atom stereocenters. The minimum Gasteiger partial charge on any atom is -0.480 e. The number of nitrogens with two attached hydrogens (primary N) is 1. The fraction of sp³-hybridized carbons (Fsp3) is 0.647. The van der Waals surface area contributed by atoms with Crippen LogP contribution in [0.4, 0.5) is 5.82 Å². The average Bonchev–Trinajstić information content (AvgIpc) is 3.34. The highest BCUT2D eigenvalue weighted by atomic mass is 32.2. The number of ether oxygens (including phenoxy) is 1. The summed E-state index contributed by atoms with van der Waals surface area (Å²) < 4.78 is 7.51. The van der Waals surface area contributed by atoms with E-state index in [0.29, 0.717) is 41.0 Å². The largest absolute Gasteiger partial charge is 0.480 e. The van der Waals surface area contributed by atoms with E-state index in [4.69, 9.17) is 15.6 Å². The van der Waals surface area contributed by atoms with Gasteiger partial charge in [0.2, 0.25) is 0 Å². The van der Waals surface area contributed by atoms with Gasteiger partial charge in [-0.25, -0.2) is 15.0 Å². The van der Waals surface area contributed by atoms with Crippen LogP contribution in [0.5, 0.6) is 0 Å². The maximum atomic E-state index is 10.8. The molecule has 0 unspecified atom stereocenters. The normalized spacial score (nSPS) is 28.0. The van der Waals surface area contributed by atoms with E-state index < -0.39 is 36.6 Å². The van der Waals surface area contributed by atoms with Gasteiger partial charge < -0.3 is 31.1 Å². The average molecular weight is 424 g/mol. The van der Waals surface area contributed by atoms with Gasteiger partial charge in [-0.1, -0.05) is 0 Å². The molecule has 29 heavy (non-hydrogen) atoms. The molecule has 11 nitrogen and oxygen atoms in total. The van der Waals surface area contributed by atoms with Gasteiger partial charge in [0.15, 0.2) is 23.2 Å². The van der Waals surface area contributed by atoms with E-state index in [1.54, 1.807) is 4.57 Å². The molecule has 3 heterocycles. The third-order valence-corrected chi connectivity index (χ3v) is 6.15. The molecule has 2 aromatic rings. The molecule has 0 spiro atoms. The zero-order chi connectivity index (χ0) is 20.5. The van der Waals surface area contributed by atoms with Crippen molar-refractivity contribution in [1.29, 1.82) is 0 Å². The summed E-state index contributed by atoms with van der Waals surface area (Å²) in [6, 6.07) is -0.505. The van der Waals surface area contributed by atoms with Crippen molar-refractivity contribution >= 4 is 34.7 Å². The van der Waals surface area contributed by atoms with Crippen LogP contribution >= 0.6 is 11.8 Å². The van der Waals surface area contributed by atoms with Gasteiger partial charge in [-0.3, -0.25) is 9.36 Å². The lowest BCUT2D eigenvalue weighted by Gasteiger charge is -2.16. The van der Waals surface area contributed by atoms with Crippen LogP contribution in [0.2, 0.25) is 0 Å². The summed E-state index contributed by atoms with van der Waals surface area (Å²) in [6.07, 6.45) is 1.81. The Morgan fingerprint density at radius 2 is 2.14 bits per heavy atom. The number of hydrogen-bond acceptors (Lipinski definition) is 10. The number of imidazole rings is 1. The number of aliphatic hydroxyl groups excluding tert-OH is 2. The Morgan fingerprint density at radius 3 is 2.86 bits per heavy atom. The van der Waals surface area contributed by atoms with Gasteiger partial charge in [-0.2, -0.15) is 11.8 Å². The van der Waals surface area contributed by atoms with Gasteiger partial charge >= 0.3 is 5.97 Å². The SMILES string of the molecule is N[C@@H](CCSC[C@H]1O[C@@H](n2cnc3c(NC4CC4)ncnc32)[C@H](O)[C@@H]1O)C(=O)O. The molecule has 0 amide bonds. The van der Waals surface area contributed by atoms with E-state index >= 15 is 0 Å². The fourth-order valence-corrected chi connectivity index (χ4v) is 4.29. The van der Waals surface area contributed by atoms with E-state index in [1.165, 1.54) is 24.4 Å². The highest BCUT2D eigenvalue weighted by Crippen LogP contribution is 2.34. The summed E-state index contributed by atoms with van der Waals surface area (Å²) in [5, 5.41) is 33.0. The van der Waals surface area contributed by atoms with Crippen molar-refractivity contribution in [3.05, 3.63) is 12.7 Å². The number of nitrogens with zero attached hydrogens (tertiary/aromatic N) is 4. The molecule has 1 aliphatic heterocycles. The lowest BCUT2D eigenvalue weighted by molar-refractivity contribution is -0.138. The van der Waals surface area contributed by atoms with Crippen molar-refractivity contribution in [1.82, 2.24) is 19.5 Å². The molecule has 4 rings (SSSR count). The summed E-state index contributed by atoms with van der Waals surface area (Å²) in [4.78, 5) is 23.6. The topological polar surface area (TPSA) is 169 Å². The molecule has 1 aliphatic carbocycles. The van der Waals surface area contributed by atoms with E-state index in [2.05, 4.69) is 20.3 Å². The fourth-order valence-electron chi connectivity index (χ4n) is 3.19. The quantitative estimate of drug-likeness (QED) is 0.331. The van der Waals surface area contributed by atoms with Gasteiger partial charge in [0.05, 0.1) is 12.4 Å². The summed E-state index contributed by atoms with van der Waals surface area (Å²) in [7, 11) is 0. The van der Waals surface area contributed by atoms with Gasteiger partial charge in [0.1, 0.15) is 24.6 Å². The number of nitrogens with one attached hydrogen (secondary N) is 1. The minimum absolute atomic E-state index is 0.314. The zero-order valence-electron chi connectivity index (χ0n) is 15.6. The Labute approximate surface area is 170 Å². The number of aliphatic carboxylic acids is 1. The molecule has 0 aromatic carbocycles. The number of thioether (sulfide) groups is 1. The molecule has 0 radical (unpaired) electrons. The smallest absolute Gasteiger partial charge is 0.320 e. The molecular formula is C17H24N6O5S. The number of hydrogen-bond donors (Lipinski definition) is 5. The van der Waals surface area contributed by atoms with Crippen molar-refractivity contribution in [2.45, 2.75) is 55.9 Å². The number of aromatic nitrogens is 4. The molecule has 158 valence electrons. The van der Waals surface area contributed by atoms with Crippen molar-refractivity contribution < 1.29 is 24.9 Å². The molecule has 6 N–H and O–H groups in total. The Balaban J connectivity index is 1.42. The van der Waals surface area contributed by atoms with Crippen molar-refractivity contribution in [3.8, 4) is 0 Å². The second kappa shape index (κ2) is 8.40. The molecule has 2 aromatic heterocycles. The standard InChI is InChI=1S/C17H24N6O5S/c18-9(17(26)27)3-4-29-5-10-12(24)13(25)16(28-10)23-7-21-11-14(22-8-1-2-8)19-6-20-15(11)23/h6-10,12-13,16,24-25H,1-5,18H2,(H,26,27)(H,19,20,22)/t9-,10+,12+,13+,16+/m0/s1. The monoisotopic (exact) mass is 424 g/mol. The van der Waals surface area contributed by atoms with Crippen LogP contribution in [-0.4, -0.2) is 82.7 Å². The zero-order valence-corrected chi connectivity index (χ0v) is 16.4. The Kier molecular flexibility index (Phi) is 5.88. The number of anilines is 1. The third kappa shape index (κ3) is 4.31. The molecule has 0 bridgehead atoms. The minimum atomic E-state index is -1.14. The van der Waals surface area contributed by atoms with Crippen LogP contribution in [-0.2, 0) is 9.53 Å². The summed E-state index contributed by atoms with van der Waals surface area (Å²) in [5.41, 5.74) is 6.59. The second-order valence-corrected chi connectivity index (χ2v) is 8.47. The maximum Gasteiger partial charge on any atom is 0.320 e. The Bertz CT molecular complexity index is 877. The van der Waals surface area contributed by atoms with Crippen LogP contribution in [0.1, 0.15) is 25.5 Å². The van der Waals surface area contributed by atoms with Crippen molar-refractivity contribution in [3.63, 3.8) is 0 Å². The number of aliphatic hydroxyl groups is 2. The lowest BCUT2D eigenvalue weighted by atomic mass is 10.1. The molecular weight excluding hydrogens is 400 g/mol. The van der Waals surface area contributed by atoms with E-state index in [-0.39, 0.29) is 0 Å². The Hall–Kier alpha value is -1.99. The van der Waals surface area contributed by atoms with Crippen molar-refractivity contribution in [2.75, 3.05) is 16.8 Å². The van der Waals surface area contributed by atoms with Gasteiger partial charge in [0, 0.05) is 11.8 Å². The van der Waals surface area contributed by atoms with Gasteiger partial charge in [-0.05, 0) is 25.0 Å².